The minimum absolute atomic E-state index is 0.279. The molecular formula is C17H22N2O. The van der Waals surface area contributed by atoms with E-state index in [-0.39, 0.29) is 5.91 Å². The van der Waals surface area contributed by atoms with Crippen molar-refractivity contribution >= 4 is 11.5 Å². The maximum absolute atomic E-state index is 12.4. The minimum Gasteiger partial charge on any atom is -0.340 e. The van der Waals surface area contributed by atoms with E-state index in [9.17, 15) is 4.79 Å². The van der Waals surface area contributed by atoms with Gasteiger partial charge in [0.2, 0.25) is 5.91 Å². The van der Waals surface area contributed by atoms with Gasteiger partial charge in [-0.05, 0) is 36.6 Å². The van der Waals surface area contributed by atoms with Crippen molar-refractivity contribution in [3.05, 3.63) is 41.5 Å². The van der Waals surface area contributed by atoms with Crippen LogP contribution < -0.4 is 0 Å². The Hall–Kier alpha value is -1.61. The first-order valence-corrected chi connectivity index (χ1v) is 7.47. The molecule has 0 unspecified atom stereocenters. The first kappa shape index (κ1) is 13.4. The van der Waals surface area contributed by atoms with Crippen molar-refractivity contribution in [1.29, 1.82) is 0 Å². The SMILES string of the molecule is CN1CCN(C(=O)CC2=CCCc3ccccc32)CC1. The van der Waals surface area contributed by atoms with Gasteiger partial charge in [-0.25, -0.2) is 0 Å². The molecule has 1 fully saturated rings. The van der Waals surface area contributed by atoms with Crippen LogP contribution in [0.25, 0.3) is 5.57 Å². The van der Waals surface area contributed by atoms with Gasteiger partial charge < -0.3 is 9.80 Å². The Bertz CT molecular complexity index is 528. The van der Waals surface area contributed by atoms with Crippen LogP contribution in [-0.4, -0.2) is 48.9 Å². The minimum atomic E-state index is 0.279. The summed E-state index contributed by atoms with van der Waals surface area (Å²) in [6.07, 6.45) is 4.96. The zero-order valence-electron chi connectivity index (χ0n) is 12.1. The number of likely N-dealkylation sites (N-methyl/N-ethyl adjacent to an activating group) is 1. The number of hydrogen-bond acceptors (Lipinski definition) is 2. The average molecular weight is 270 g/mol. The molecule has 0 radical (unpaired) electrons. The van der Waals surface area contributed by atoms with Crippen LogP contribution in [0.5, 0.6) is 0 Å². The molecule has 2 aliphatic rings. The van der Waals surface area contributed by atoms with Crippen LogP contribution in [-0.2, 0) is 11.2 Å². The fraction of sp³-hybridized carbons (Fsp3) is 0.471. The number of piperazine rings is 1. The van der Waals surface area contributed by atoms with E-state index in [1.54, 1.807) is 0 Å². The van der Waals surface area contributed by atoms with Gasteiger partial charge in [0.15, 0.2) is 0 Å². The lowest BCUT2D eigenvalue weighted by Crippen LogP contribution is -2.47. The predicted octanol–water partition coefficient (Wildman–Crippen LogP) is 2.18. The largest absolute Gasteiger partial charge is 0.340 e. The van der Waals surface area contributed by atoms with Gasteiger partial charge >= 0.3 is 0 Å². The Morgan fingerprint density at radius 1 is 1.15 bits per heavy atom. The molecule has 3 rings (SSSR count). The molecule has 0 N–H and O–H groups in total. The molecule has 106 valence electrons. The Balaban J connectivity index is 1.69. The molecule has 1 aromatic rings. The molecular weight excluding hydrogens is 248 g/mol. The van der Waals surface area contributed by atoms with Crippen LogP contribution in [0.2, 0.25) is 0 Å². The third kappa shape index (κ3) is 2.78. The van der Waals surface area contributed by atoms with Crippen LogP contribution in [0, 0.1) is 0 Å². The van der Waals surface area contributed by atoms with E-state index in [1.807, 2.05) is 4.90 Å². The highest BCUT2D eigenvalue weighted by Crippen LogP contribution is 2.29. The van der Waals surface area contributed by atoms with Crippen molar-refractivity contribution in [3.63, 3.8) is 0 Å². The van der Waals surface area contributed by atoms with Crippen molar-refractivity contribution in [2.24, 2.45) is 0 Å². The number of carbonyl (C=O) groups excluding carboxylic acids is 1. The fourth-order valence-corrected chi connectivity index (χ4v) is 3.06. The van der Waals surface area contributed by atoms with E-state index in [4.69, 9.17) is 0 Å². The molecule has 0 spiro atoms. The first-order valence-electron chi connectivity index (χ1n) is 7.47. The molecule has 20 heavy (non-hydrogen) atoms. The molecule has 1 amide bonds. The molecule has 0 atom stereocenters. The molecule has 0 saturated carbocycles. The number of rotatable bonds is 2. The second-order valence-electron chi connectivity index (χ2n) is 5.79. The van der Waals surface area contributed by atoms with E-state index in [0.717, 1.165) is 39.0 Å². The van der Waals surface area contributed by atoms with Gasteiger partial charge in [-0.1, -0.05) is 30.3 Å². The predicted molar refractivity (Wildman–Crippen MR) is 81.4 cm³/mol. The number of aryl methyl sites for hydroxylation is 1. The standard InChI is InChI=1S/C17H22N2O/c1-18-9-11-19(12-10-18)17(20)13-15-7-4-6-14-5-2-3-8-16(14)15/h2-3,5,7-8H,4,6,9-13H2,1H3. The third-order valence-corrected chi connectivity index (χ3v) is 4.37. The highest BCUT2D eigenvalue weighted by atomic mass is 16.2. The lowest BCUT2D eigenvalue weighted by molar-refractivity contribution is -0.131. The Kier molecular flexibility index (Phi) is 3.88. The lowest BCUT2D eigenvalue weighted by Gasteiger charge is -2.33. The summed E-state index contributed by atoms with van der Waals surface area (Å²) in [6, 6.07) is 8.49. The molecule has 1 saturated heterocycles. The molecule has 3 nitrogen and oxygen atoms in total. The summed E-state index contributed by atoms with van der Waals surface area (Å²) >= 11 is 0. The van der Waals surface area contributed by atoms with Gasteiger partial charge in [0.25, 0.3) is 0 Å². The van der Waals surface area contributed by atoms with Crippen LogP contribution >= 0.6 is 0 Å². The van der Waals surface area contributed by atoms with E-state index < -0.39 is 0 Å². The summed E-state index contributed by atoms with van der Waals surface area (Å²) in [5.41, 5.74) is 3.88. The number of fused-ring (bicyclic) bond motifs is 1. The monoisotopic (exact) mass is 270 g/mol. The number of carbonyl (C=O) groups is 1. The zero-order chi connectivity index (χ0) is 13.9. The quantitative estimate of drug-likeness (QED) is 0.822. The number of allylic oxidation sites excluding steroid dienone is 1. The smallest absolute Gasteiger partial charge is 0.227 e. The molecule has 0 bridgehead atoms. The second kappa shape index (κ2) is 5.80. The van der Waals surface area contributed by atoms with Crippen LogP contribution in [0.3, 0.4) is 0 Å². The van der Waals surface area contributed by atoms with Gasteiger partial charge in [0, 0.05) is 26.2 Å². The maximum atomic E-state index is 12.4. The first-order chi connectivity index (χ1) is 9.74. The van der Waals surface area contributed by atoms with E-state index >= 15 is 0 Å². The fourth-order valence-electron chi connectivity index (χ4n) is 3.06. The zero-order valence-corrected chi connectivity index (χ0v) is 12.1. The summed E-state index contributed by atoms with van der Waals surface area (Å²) in [4.78, 5) is 16.7. The summed E-state index contributed by atoms with van der Waals surface area (Å²) in [6.45, 7) is 3.71. The number of hydrogen-bond donors (Lipinski definition) is 0. The van der Waals surface area contributed by atoms with Gasteiger partial charge in [0.1, 0.15) is 0 Å². The van der Waals surface area contributed by atoms with Gasteiger partial charge in [-0.3, -0.25) is 4.79 Å². The van der Waals surface area contributed by atoms with Crippen molar-refractivity contribution in [2.45, 2.75) is 19.3 Å². The summed E-state index contributed by atoms with van der Waals surface area (Å²) in [5, 5.41) is 0. The molecule has 1 aliphatic carbocycles. The third-order valence-electron chi connectivity index (χ3n) is 4.37. The molecule has 1 aliphatic heterocycles. The highest BCUT2D eigenvalue weighted by molar-refractivity contribution is 5.89. The maximum Gasteiger partial charge on any atom is 0.227 e. The summed E-state index contributed by atoms with van der Waals surface area (Å²) < 4.78 is 0. The summed E-state index contributed by atoms with van der Waals surface area (Å²) in [5.74, 6) is 0.279. The van der Waals surface area contributed by atoms with E-state index in [0.29, 0.717) is 6.42 Å². The van der Waals surface area contributed by atoms with Crippen molar-refractivity contribution < 1.29 is 4.79 Å². The molecule has 3 heteroatoms. The number of nitrogens with zero attached hydrogens (tertiary/aromatic N) is 2. The van der Waals surface area contributed by atoms with E-state index in [2.05, 4.69) is 42.3 Å². The number of benzene rings is 1. The summed E-state index contributed by atoms with van der Waals surface area (Å²) in [7, 11) is 2.11. The van der Waals surface area contributed by atoms with Gasteiger partial charge in [-0.15, -0.1) is 0 Å². The topological polar surface area (TPSA) is 23.6 Å². The van der Waals surface area contributed by atoms with Crippen molar-refractivity contribution in [2.75, 3.05) is 33.2 Å². The molecule has 1 heterocycles. The van der Waals surface area contributed by atoms with Gasteiger partial charge in [-0.2, -0.15) is 0 Å². The lowest BCUT2D eigenvalue weighted by atomic mass is 9.89. The van der Waals surface area contributed by atoms with Crippen LogP contribution in [0.1, 0.15) is 24.0 Å². The van der Waals surface area contributed by atoms with Gasteiger partial charge in [0.05, 0.1) is 6.42 Å². The molecule has 0 aromatic heterocycles. The number of amides is 1. The Morgan fingerprint density at radius 2 is 1.90 bits per heavy atom. The van der Waals surface area contributed by atoms with Crippen molar-refractivity contribution in [3.8, 4) is 0 Å². The second-order valence-corrected chi connectivity index (χ2v) is 5.79. The van der Waals surface area contributed by atoms with Crippen LogP contribution in [0.4, 0.5) is 0 Å². The van der Waals surface area contributed by atoms with Crippen molar-refractivity contribution in [1.82, 2.24) is 9.80 Å². The molecule has 1 aromatic carbocycles. The highest BCUT2D eigenvalue weighted by Gasteiger charge is 2.21. The normalized spacial score (nSPS) is 19.4. The average Bonchev–Trinajstić information content (AvgIpc) is 2.48. The Morgan fingerprint density at radius 3 is 2.70 bits per heavy atom. The van der Waals surface area contributed by atoms with E-state index in [1.165, 1.54) is 16.7 Å². The van der Waals surface area contributed by atoms with Crippen LogP contribution in [0.15, 0.2) is 30.3 Å². The Labute approximate surface area is 120 Å².